The average molecular weight is 454 g/mol. The summed E-state index contributed by atoms with van der Waals surface area (Å²) >= 11 is 0. The molecule has 1 aliphatic rings. The molecule has 6 nitrogen and oxygen atoms in total. The Kier molecular flexibility index (Phi) is 8.44. The van der Waals surface area contributed by atoms with Gasteiger partial charge in [0.1, 0.15) is 17.4 Å². The van der Waals surface area contributed by atoms with E-state index in [4.69, 9.17) is 14.7 Å². The van der Waals surface area contributed by atoms with Crippen molar-refractivity contribution in [1.82, 2.24) is 15.3 Å². The SMILES string of the molecule is C.COc1ccc(F)cc1CNCC1CCC(Nc2nc(N(C)C)c3ccccc3n2)CC1. The Morgan fingerprint density at radius 1 is 1.06 bits per heavy atom. The van der Waals surface area contributed by atoms with Gasteiger partial charge in [-0.1, -0.05) is 19.6 Å². The predicted octanol–water partition coefficient (Wildman–Crippen LogP) is 5.24. The number of methoxy groups -OCH3 is 1. The lowest BCUT2D eigenvalue weighted by Gasteiger charge is -2.29. The van der Waals surface area contributed by atoms with E-state index < -0.39 is 0 Å². The number of rotatable bonds is 8. The van der Waals surface area contributed by atoms with Crippen molar-refractivity contribution in [2.45, 2.75) is 45.7 Å². The highest BCUT2D eigenvalue weighted by atomic mass is 19.1. The van der Waals surface area contributed by atoms with E-state index in [0.717, 1.165) is 60.3 Å². The number of benzene rings is 2. The summed E-state index contributed by atoms with van der Waals surface area (Å²) in [4.78, 5) is 11.5. The van der Waals surface area contributed by atoms with Crippen LogP contribution in [0.3, 0.4) is 0 Å². The van der Waals surface area contributed by atoms with Gasteiger partial charge in [-0.05, 0) is 68.5 Å². The van der Waals surface area contributed by atoms with E-state index in [9.17, 15) is 4.39 Å². The number of para-hydroxylation sites is 1. The molecule has 0 atom stereocenters. The van der Waals surface area contributed by atoms with Crippen molar-refractivity contribution >= 4 is 22.7 Å². The Balaban J connectivity index is 0.00000306. The minimum atomic E-state index is -0.234. The lowest BCUT2D eigenvalue weighted by Crippen LogP contribution is -2.31. The number of nitrogens with one attached hydrogen (secondary N) is 2. The van der Waals surface area contributed by atoms with E-state index in [1.165, 1.54) is 12.1 Å². The van der Waals surface area contributed by atoms with Gasteiger partial charge in [0.15, 0.2) is 0 Å². The Morgan fingerprint density at radius 3 is 2.55 bits per heavy atom. The third-order valence-corrected chi connectivity index (χ3v) is 6.18. The summed E-state index contributed by atoms with van der Waals surface area (Å²) in [5, 5.41) is 8.11. The number of fused-ring (bicyclic) bond motifs is 1. The lowest BCUT2D eigenvalue weighted by molar-refractivity contribution is 0.322. The Bertz CT molecular complexity index is 1050. The van der Waals surface area contributed by atoms with E-state index in [2.05, 4.69) is 16.7 Å². The fourth-order valence-corrected chi connectivity index (χ4v) is 4.46. The number of ether oxygens (including phenoxy) is 1. The molecule has 0 unspecified atom stereocenters. The van der Waals surface area contributed by atoms with Crippen LogP contribution in [0, 0.1) is 11.7 Å². The first-order valence-electron chi connectivity index (χ1n) is 11.3. The molecule has 0 amide bonds. The van der Waals surface area contributed by atoms with Crippen LogP contribution in [-0.2, 0) is 6.54 Å². The highest BCUT2D eigenvalue weighted by Gasteiger charge is 2.22. The molecular formula is C26H36FN5O. The molecule has 0 saturated heterocycles. The molecule has 178 valence electrons. The summed E-state index contributed by atoms with van der Waals surface area (Å²) < 4.78 is 18.9. The second kappa shape index (κ2) is 11.3. The average Bonchev–Trinajstić information content (AvgIpc) is 2.80. The quantitative estimate of drug-likeness (QED) is 0.486. The monoisotopic (exact) mass is 453 g/mol. The van der Waals surface area contributed by atoms with Gasteiger partial charge in [-0.3, -0.25) is 0 Å². The zero-order valence-electron chi connectivity index (χ0n) is 19.1. The maximum absolute atomic E-state index is 13.5. The molecule has 0 radical (unpaired) electrons. The molecule has 4 rings (SSSR count). The maximum atomic E-state index is 13.5. The highest BCUT2D eigenvalue weighted by Crippen LogP contribution is 2.28. The molecule has 1 saturated carbocycles. The first-order valence-corrected chi connectivity index (χ1v) is 11.3. The Hall–Kier alpha value is -2.93. The fourth-order valence-electron chi connectivity index (χ4n) is 4.46. The number of halogens is 1. The Morgan fingerprint density at radius 2 is 1.82 bits per heavy atom. The van der Waals surface area contributed by atoms with Crippen molar-refractivity contribution in [3.8, 4) is 5.75 Å². The molecule has 3 aromatic rings. The van der Waals surface area contributed by atoms with Crippen molar-refractivity contribution in [3.05, 3.63) is 53.8 Å². The summed E-state index contributed by atoms with van der Waals surface area (Å²) in [7, 11) is 5.64. The van der Waals surface area contributed by atoms with Crippen molar-refractivity contribution in [2.75, 3.05) is 38.0 Å². The molecule has 1 aliphatic carbocycles. The van der Waals surface area contributed by atoms with Crippen LogP contribution in [0.2, 0.25) is 0 Å². The largest absolute Gasteiger partial charge is 0.496 e. The van der Waals surface area contributed by atoms with Crippen molar-refractivity contribution in [3.63, 3.8) is 0 Å². The topological polar surface area (TPSA) is 62.3 Å². The van der Waals surface area contributed by atoms with Crippen LogP contribution >= 0.6 is 0 Å². The van der Waals surface area contributed by atoms with Gasteiger partial charge in [-0.15, -0.1) is 0 Å². The zero-order chi connectivity index (χ0) is 22.5. The molecule has 33 heavy (non-hydrogen) atoms. The molecule has 0 bridgehead atoms. The van der Waals surface area contributed by atoms with Gasteiger partial charge in [0.2, 0.25) is 5.95 Å². The van der Waals surface area contributed by atoms with Crippen molar-refractivity contribution < 1.29 is 9.13 Å². The standard InChI is InChI=1S/C25H32FN5O.CH4/c1-31(2)24-21-6-4-5-7-22(21)29-25(30-24)28-20-11-8-17(9-12-20)15-27-16-18-14-19(26)10-13-23(18)32-3;/h4-7,10,13-14,17,20,27H,8-9,11-12,15-16H2,1-3H3,(H,28,29,30);1H4. The molecule has 1 heterocycles. The van der Waals surface area contributed by atoms with Gasteiger partial charge < -0.3 is 20.3 Å². The number of hydrogen-bond acceptors (Lipinski definition) is 6. The van der Waals surface area contributed by atoms with E-state index in [1.807, 2.05) is 37.2 Å². The molecule has 0 aliphatic heterocycles. The van der Waals surface area contributed by atoms with E-state index in [1.54, 1.807) is 13.2 Å². The maximum Gasteiger partial charge on any atom is 0.225 e. The van der Waals surface area contributed by atoms with Gasteiger partial charge in [0, 0.05) is 37.6 Å². The van der Waals surface area contributed by atoms with Crippen molar-refractivity contribution in [2.24, 2.45) is 5.92 Å². The third-order valence-electron chi connectivity index (χ3n) is 6.18. The summed E-state index contributed by atoms with van der Waals surface area (Å²) in [6.07, 6.45) is 4.45. The van der Waals surface area contributed by atoms with Gasteiger partial charge in [0.25, 0.3) is 0 Å². The first kappa shape index (κ1) is 24.7. The van der Waals surface area contributed by atoms with Crippen LogP contribution < -0.4 is 20.3 Å². The summed E-state index contributed by atoms with van der Waals surface area (Å²) in [6.45, 7) is 1.53. The zero-order valence-corrected chi connectivity index (χ0v) is 19.1. The molecule has 7 heteroatoms. The van der Waals surface area contributed by atoms with Crippen LogP contribution in [0.25, 0.3) is 10.9 Å². The lowest BCUT2D eigenvalue weighted by atomic mass is 9.86. The van der Waals surface area contributed by atoms with Crippen LogP contribution in [0.5, 0.6) is 5.75 Å². The van der Waals surface area contributed by atoms with Gasteiger partial charge >= 0.3 is 0 Å². The minimum Gasteiger partial charge on any atom is -0.496 e. The molecule has 1 fully saturated rings. The molecule has 0 spiro atoms. The van der Waals surface area contributed by atoms with Gasteiger partial charge in [-0.2, -0.15) is 4.98 Å². The number of nitrogens with zero attached hydrogens (tertiary/aromatic N) is 3. The number of hydrogen-bond donors (Lipinski definition) is 2. The normalized spacial score (nSPS) is 17.9. The van der Waals surface area contributed by atoms with Gasteiger partial charge in [0.05, 0.1) is 12.6 Å². The molecule has 2 N–H and O–H groups in total. The highest BCUT2D eigenvalue weighted by molar-refractivity contribution is 5.90. The first-order chi connectivity index (χ1) is 15.5. The fraction of sp³-hybridized carbons (Fsp3) is 0.462. The predicted molar refractivity (Wildman–Crippen MR) is 135 cm³/mol. The number of aromatic nitrogens is 2. The van der Waals surface area contributed by atoms with Crippen LogP contribution in [0.15, 0.2) is 42.5 Å². The summed E-state index contributed by atoms with van der Waals surface area (Å²) in [5.74, 6) is 2.74. The molecule has 1 aromatic heterocycles. The van der Waals surface area contributed by atoms with Crippen LogP contribution in [-0.4, -0.2) is 43.8 Å². The van der Waals surface area contributed by atoms with Crippen LogP contribution in [0.1, 0.15) is 38.7 Å². The van der Waals surface area contributed by atoms with E-state index in [-0.39, 0.29) is 13.2 Å². The summed E-state index contributed by atoms with van der Waals surface area (Å²) in [5.41, 5.74) is 1.81. The third kappa shape index (κ3) is 6.11. The molecule has 2 aromatic carbocycles. The van der Waals surface area contributed by atoms with Crippen molar-refractivity contribution in [1.29, 1.82) is 0 Å². The van der Waals surface area contributed by atoms with Gasteiger partial charge in [-0.25, -0.2) is 9.37 Å². The minimum absolute atomic E-state index is 0. The smallest absolute Gasteiger partial charge is 0.225 e. The van der Waals surface area contributed by atoms with E-state index >= 15 is 0 Å². The van der Waals surface area contributed by atoms with Crippen LogP contribution in [0.4, 0.5) is 16.2 Å². The van der Waals surface area contributed by atoms with E-state index in [0.29, 0.717) is 24.5 Å². The second-order valence-corrected chi connectivity index (χ2v) is 8.73. The Labute approximate surface area is 196 Å². The summed E-state index contributed by atoms with van der Waals surface area (Å²) in [6, 6.07) is 13.2. The second-order valence-electron chi connectivity index (χ2n) is 8.73. The molecular weight excluding hydrogens is 417 g/mol. The number of anilines is 2.